The van der Waals surface area contributed by atoms with Crippen molar-refractivity contribution in [1.29, 1.82) is 0 Å². The number of nitrogen functional groups attached to an aromatic ring is 1. The molecule has 6 nitrogen and oxygen atoms in total. The third-order valence-corrected chi connectivity index (χ3v) is 4.08. The maximum absolute atomic E-state index is 11.9. The van der Waals surface area contributed by atoms with Gasteiger partial charge in [0.25, 0.3) is 0 Å². The Morgan fingerprint density at radius 2 is 2.09 bits per heavy atom. The fourth-order valence-electron chi connectivity index (χ4n) is 2.35. The molecule has 23 heavy (non-hydrogen) atoms. The number of nitrogens with two attached hydrogens (primary N) is 1. The quantitative estimate of drug-likeness (QED) is 0.529. The van der Waals surface area contributed by atoms with Gasteiger partial charge in [-0.1, -0.05) is 12.1 Å². The monoisotopic (exact) mass is 373 g/mol. The zero-order chi connectivity index (χ0) is 16.2. The Kier molecular flexibility index (Phi) is 4.47. The maximum Gasteiger partial charge on any atom is 0.315 e. The fourth-order valence-corrected chi connectivity index (χ4v) is 2.91. The Morgan fingerprint density at radius 3 is 2.91 bits per heavy atom. The number of H-pyrrole nitrogens is 1. The first-order chi connectivity index (χ1) is 11.1. The van der Waals surface area contributed by atoms with Crippen LogP contribution in [0.25, 0.3) is 11.0 Å². The van der Waals surface area contributed by atoms with E-state index in [-0.39, 0.29) is 6.03 Å². The highest BCUT2D eigenvalue weighted by atomic mass is 79.9. The van der Waals surface area contributed by atoms with Crippen molar-refractivity contribution in [2.45, 2.75) is 13.1 Å². The summed E-state index contributed by atoms with van der Waals surface area (Å²) in [5.41, 5.74) is 9.13. The van der Waals surface area contributed by atoms with E-state index in [0.717, 1.165) is 26.6 Å². The first-order valence-electron chi connectivity index (χ1n) is 7.10. The van der Waals surface area contributed by atoms with E-state index < -0.39 is 0 Å². The normalized spacial score (nSPS) is 10.7. The summed E-state index contributed by atoms with van der Waals surface area (Å²) >= 11 is 3.48. The molecule has 5 N–H and O–H groups in total. The second kappa shape index (κ2) is 6.70. The number of pyridine rings is 1. The molecule has 0 radical (unpaired) electrons. The molecule has 118 valence electrons. The van der Waals surface area contributed by atoms with Gasteiger partial charge in [0.2, 0.25) is 0 Å². The van der Waals surface area contributed by atoms with Gasteiger partial charge in [0, 0.05) is 41.0 Å². The molecule has 0 fully saturated rings. The second-order valence-corrected chi connectivity index (χ2v) is 5.97. The van der Waals surface area contributed by atoms with Crippen LogP contribution in [-0.4, -0.2) is 16.0 Å². The van der Waals surface area contributed by atoms with Gasteiger partial charge in [0.15, 0.2) is 0 Å². The van der Waals surface area contributed by atoms with E-state index in [1.807, 2.05) is 36.5 Å². The number of hydrogen-bond donors (Lipinski definition) is 4. The summed E-state index contributed by atoms with van der Waals surface area (Å²) in [7, 11) is 0. The number of nitrogens with one attached hydrogen (secondary N) is 3. The van der Waals surface area contributed by atoms with Crippen LogP contribution in [0.3, 0.4) is 0 Å². The van der Waals surface area contributed by atoms with E-state index >= 15 is 0 Å². The Bertz CT molecular complexity index is 845. The van der Waals surface area contributed by atoms with Crippen LogP contribution in [0.1, 0.15) is 11.1 Å². The van der Waals surface area contributed by atoms with Gasteiger partial charge in [-0.3, -0.25) is 0 Å². The molecule has 0 saturated carbocycles. The smallest absolute Gasteiger partial charge is 0.315 e. The number of carbonyl (C=O) groups excluding carboxylic acids is 1. The summed E-state index contributed by atoms with van der Waals surface area (Å²) in [5, 5.41) is 6.64. The Hall–Kier alpha value is -2.54. The molecule has 7 heteroatoms. The summed E-state index contributed by atoms with van der Waals surface area (Å²) in [5.74, 6) is 0. The van der Waals surface area contributed by atoms with Gasteiger partial charge in [0.1, 0.15) is 5.65 Å². The number of amides is 2. The van der Waals surface area contributed by atoms with Crippen LogP contribution in [-0.2, 0) is 13.1 Å². The molecule has 2 heterocycles. The minimum absolute atomic E-state index is 0.232. The summed E-state index contributed by atoms with van der Waals surface area (Å²) in [6, 6.07) is 9.08. The number of hydrogen-bond acceptors (Lipinski definition) is 3. The standard InChI is InChI=1S/C16H16BrN5O/c17-13-9-20-15-14(13)11(4-5-19-15)8-22-16(23)21-7-10-2-1-3-12(18)6-10/h1-6,9H,7-8,18H2,(H,19,20)(H2,21,22,23). The number of benzene rings is 1. The van der Waals surface area contributed by atoms with Gasteiger partial charge in [-0.2, -0.15) is 0 Å². The molecule has 0 saturated heterocycles. The van der Waals surface area contributed by atoms with E-state index in [1.54, 1.807) is 6.20 Å². The van der Waals surface area contributed by atoms with E-state index in [4.69, 9.17) is 5.73 Å². The predicted octanol–water partition coefficient (Wildman–Crippen LogP) is 2.91. The van der Waals surface area contributed by atoms with Gasteiger partial charge in [-0.15, -0.1) is 0 Å². The van der Waals surface area contributed by atoms with E-state index in [9.17, 15) is 4.79 Å². The highest BCUT2D eigenvalue weighted by Gasteiger charge is 2.09. The average molecular weight is 374 g/mol. The number of anilines is 1. The van der Waals surface area contributed by atoms with Crippen molar-refractivity contribution in [3.8, 4) is 0 Å². The predicted molar refractivity (Wildman–Crippen MR) is 93.7 cm³/mol. The largest absolute Gasteiger partial charge is 0.399 e. The van der Waals surface area contributed by atoms with Gasteiger partial charge in [-0.25, -0.2) is 9.78 Å². The van der Waals surface area contributed by atoms with Crippen molar-refractivity contribution >= 4 is 38.7 Å². The summed E-state index contributed by atoms with van der Waals surface area (Å²) in [6.45, 7) is 0.842. The zero-order valence-corrected chi connectivity index (χ0v) is 13.9. The molecule has 0 unspecified atom stereocenters. The number of fused-ring (bicyclic) bond motifs is 1. The maximum atomic E-state index is 11.9. The lowest BCUT2D eigenvalue weighted by Crippen LogP contribution is -2.34. The molecule has 3 aromatic rings. The summed E-state index contributed by atoms with van der Waals surface area (Å²) in [4.78, 5) is 19.3. The van der Waals surface area contributed by atoms with Crippen molar-refractivity contribution in [2.24, 2.45) is 0 Å². The van der Waals surface area contributed by atoms with Gasteiger partial charge < -0.3 is 21.4 Å². The molecular formula is C16H16BrN5O. The lowest BCUT2D eigenvalue weighted by atomic mass is 10.2. The first-order valence-corrected chi connectivity index (χ1v) is 7.89. The van der Waals surface area contributed by atoms with Crippen LogP contribution in [0.5, 0.6) is 0 Å². The molecule has 2 amide bonds. The number of urea groups is 1. The molecule has 2 aromatic heterocycles. The number of aromatic amines is 1. The van der Waals surface area contributed by atoms with Crippen LogP contribution in [0.4, 0.5) is 10.5 Å². The van der Waals surface area contributed by atoms with E-state index in [0.29, 0.717) is 18.8 Å². The van der Waals surface area contributed by atoms with Gasteiger partial charge in [-0.05, 0) is 45.3 Å². The number of halogens is 1. The molecular weight excluding hydrogens is 358 g/mol. The number of nitrogens with zero attached hydrogens (tertiary/aromatic N) is 1. The van der Waals surface area contributed by atoms with Gasteiger partial charge in [0.05, 0.1) is 0 Å². The molecule has 3 rings (SSSR count). The van der Waals surface area contributed by atoms with E-state index in [1.165, 1.54) is 0 Å². The third-order valence-electron chi connectivity index (χ3n) is 3.46. The molecule has 0 aliphatic heterocycles. The van der Waals surface area contributed by atoms with Crippen molar-refractivity contribution < 1.29 is 4.79 Å². The molecule has 0 atom stereocenters. The minimum atomic E-state index is -0.232. The molecule has 0 bridgehead atoms. The molecule has 1 aromatic carbocycles. The van der Waals surface area contributed by atoms with Crippen LogP contribution in [0, 0.1) is 0 Å². The Labute approximate surface area is 141 Å². The highest BCUT2D eigenvalue weighted by Crippen LogP contribution is 2.25. The van der Waals surface area contributed by atoms with E-state index in [2.05, 4.69) is 36.5 Å². The molecule has 0 aliphatic rings. The van der Waals surface area contributed by atoms with Crippen LogP contribution in [0.15, 0.2) is 47.2 Å². The summed E-state index contributed by atoms with van der Waals surface area (Å²) < 4.78 is 0.928. The van der Waals surface area contributed by atoms with Crippen LogP contribution in [0.2, 0.25) is 0 Å². The molecule has 0 aliphatic carbocycles. The summed E-state index contributed by atoms with van der Waals surface area (Å²) in [6.07, 6.45) is 3.55. The van der Waals surface area contributed by atoms with Crippen molar-refractivity contribution in [3.05, 3.63) is 58.3 Å². The number of rotatable bonds is 4. The second-order valence-electron chi connectivity index (χ2n) is 5.11. The van der Waals surface area contributed by atoms with Gasteiger partial charge >= 0.3 is 6.03 Å². The lowest BCUT2D eigenvalue weighted by molar-refractivity contribution is 0.240. The Balaban J connectivity index is 1.59. The fraction of sp³-hybridized carbons (Fsp3) is 0.125. The van der Waals surface area contributed by atoms with Crippen LogP contribution < -0.4 is 16.4 Å². The van der Waals surface area contributed by atoms with Crippen LogP contribution >= 0.6 is 15.9 Å². The average Bonchev–Trinajstić information content (AvgIpc) is 2.93. The number of carbonyl (C=O) groups is 1. The SMILES string of the molecule is Nc1cccc(CNC(=O)NCc2ccnc3[nH]cc(Br)c23)c1. The topological polar surface area (TPSA) is 95.8 Å². The minimum Gasteiger partial charge on any atom is -0.399 e. The molecule has 0 spiro atoms. The zero-order valence-electron chi connectivity index (χ0n) is 12.3. The third kappa shape index (κ3) is 3.62. The van der Waals surface area contributed by atoms with Crippen molar-refractivity contribution in [1.82, 2.24) is 20.6 Å². The van der Waals surface area contributed by atoms with Crippen molar-refractivity contribution in [2.75, 3.05) is 5.73 Å². The highest BCUT2D eigenvalue weighted by molar-refractivity contribution is 9.10. The number of aromatic nitrogens is 2. The first kappa shape index (κ1) is 15.4. The van der Waals surface area contributed by atoms with Crippen molar-refractivity contribution in [3.63, 3.8) is 0 Å². The Morgan fingerprint density at radius 1 is 1.26 bits per heavy atom. The lowest BCUT2D eigenvalue weighted by Gasteiger charge is -2.09.